The SMILES string of the molecule is CC.CC(C)CCC(F)(F)C(F)(F)F. The van der Waals surface area contributed by atoms with Crippen LogP contribution in [-0.2, 0) is 0 Å². The Balaban J connectivity index is 0. The molecule has 0 aromatic rings. The maximum Gasteiger partial charge on any atom is 0.453 e. The van der Waals surface area contributed by atoms with Crippen molar-refractivity contribution in [1.82, 2.24) is 0 Å². The van der Waals surface area contributed by atoms with Gasteiger partial charge in [-0.1, -0.05) is 27.7 Å². The molecule has 0 atom stereocenters. The molecule has 0 amide bonds. The Morgan fingerprint density at radius 1 is 0.929 bits per heavy atom. The highest BCUT2D eigenvalue weighted by Gasteiger charge is 2.56. The van der Waals surface area contributed by atoms with E-state index in [1.165, 1.54) is 0 Å². The Hall–Kier alpha value is -0.350. The summed E-state index contributed by atoms with van der Waals surface area (Å²) in [7, 11) is 0. The largest absolute Gasteiger partial charge is 0.453 e. The van der Waals surface area contributed by atoms with E-state index in [9.17, 15) is 22.0 Å². The minimum absolute atomic E-state index is 0.119. The van der Waals surface area contributed by atoms with Gasteiger partial charge in [-0.2, -0.15) is 22.0 Å². The Bertz CT molecular complexity index is 137. The zero-order chi connectivity index (χ0) is 12.0. The van der Waals surface area contributed by atoms with Crippen LogP contribution in [0.3, 0.4) is 0 Å². The van der Waals surface area contributed by atoms with Crippen molar-refractivity contribution < 1.29 is 22.0 Å². The third-order valence-electron chi connectivity index (χ3n) is 1.45. The fourth-order valence-corrected chi connectivity index (χ4v) is 0.612. The Morgan fingerprint density at radius 2 is 1.29 bits per heavy atom. The second kappa shape index (κ2) is 6.19. The second-order valence-corrected chi connectivity index (χ2v) is 3.13. The third-order valence-corrected chi connectivity index (χ3v) is 1.45. The van der Waals surface area contributed by atoms with Crippen LogP contribution in [0.15, 0.2) is 0 Å². The standard InChI is InChI=1S/C7H11F5.C2H6/c1-5(2)3-4-6(8,9)7(10,11)12;1-2/h5H,3-4H2,1-2H3;1-2H3. The summed E-state index contributed by atoms with van der Waals surface area (Å²) in [6.07, 6.45) is -6.64. The maximum atomic E-state index is 12.2. The highest BCUT2D eigenvalue weighted by molar-refractivity contribution is 4.75. The molecule has 0 bridgehead atoms. The van der Waals surface area contributed by atoms with Crippen LogP contribution in [0.5, 0.6) is 0 Å². The minimum atomic E-state index is -5.40. The van der Waals surface area contributed by atoms with E-state index < -0.39 is 18.5 Å². The highest BCUT2D eigenvalue weighted by Crippen LogP contribution is 2.39. The van der Waals surface area contributed by atoms with Gasteiger partial charge in [0.05, 0.1) is 0 Å². The van der Waals surface area contributed by atoms with Crippen LogP contribution >= 0.6 is 0 Å². The smallest absolute Gasteiger partial charge is 0.196 e. The van der Waals surface area contributed by atoms with Gasteiger partial charge in [-0.15, -0.1) is 0 Å². The van der Waals surface area contributed by atoms with Crippen molar-refractivity contribution in [1.29, 1.82) is 0 Å². The average Bonchev–Trinajstić information content (AvgIpc) is 2.03. The predicted octanol–water partition coefficient (Wildman–Crippen LogP) is 4.65. The predicted molar refractivity (Wildman–Crippen MR) is 46.4 cm³/mol. The molecule has 0 saturated carbocycles. The van der Waals surface area contributed by atoms with E-state index in [1.807, 2.05) is 13.8 Å². The maximum absolute atomic E-state index is 12.2. The van der Waals surface area contributed by atoms with Gasteiger partial charge in [0.15, 0.2) is 0 Å². The molecule has 0 radical (unpaired) electrons. The molecule has 0 saturated heterocycles. The van der Waals surface area contributed by atoms with Gasteiger partial charge in [-0.3, -0.25) is 0 Å². The molecule has 0 nitrogen and oxygen atoms in total. The number of alkyl halides is 5. The zero-order valence-corrected chi connectivity index (χ0v) is 8.88. The molecule has 0 aromatic heterocycles. The van der Waals surface area contributed by atoms with E-state index in [0.717, 1.165) is 0 Å². The summed E-state index contributed by atoms with van der Waals surface area (Å²) in [5, 5.41) is 0. The molecule has 0 heterocycles. The summed E-state index contributed by atoms with van der Waals surface area (Å²) in [6, 6.07) is 0. The second-order valence-electron chi connectivity index (χ2n) is 3.13. The van der Waals surface area contributed by atoms with E-state index in [-0.39, 0.29) is 12.3 Å². The van der Waals surface area contributed by atoms with Crippen LogP contribution in [-0.4, -0.2) is 12.1 Å². The molecule has 0 aromatic carbocycles. The summed E-state index contributed by atoms with van der Waals surface area (Å²) in [6.45, 7) is 7.21. The van der Waals surface area contributed by atoms with Gasteiger partial charge in [-0.25, -0.2) is 0 Å². The van der Waals surface area contributed by atoms with E-state index in [1.54, 1.807) is 13.8 Å². The summed E-state index contributed by atoms with van der Waals surface area (Å²) < 4.78 is 58.9. The number of hydrogen-bond acceptors (Lipinski definition) is 0. The fraction of sp³-hybridized carbons (Fsp3) is 1.00. The van der Waals surface area contributed by atoms with Gasteiger partial charge in [0, 0.05) is 6.42 Å². The van der Waals surface area contributed by atoms with Crippen molar-refractivity contribution in [2.45, 2.75) is 52.6 Å². The van der Waals surface area contributed by atoms with Crippen molar-refractivity contribution in [2.24, 2.45) is 5.92 Å². The normalized spacial score (nSPS) is 12.4. The van der Waals surface area contributed by atoms with Crippen molar-refractivity contribution in [3.05, 3.63) is 0 Å². The van der Waals surface area contributed by atoms with Gasteiger partial charge >= 0.3 is 12.1 Å². The number of hydrogen-bond donors (Lipinski definition) is 0. The first-order chi connectivity index (χ1) is 6.17. The van der Waals surface area contributed by atoms with Crippen molar-refractivity contribution in [3.8, 4) is 0 Å². The number of rotatable bonds is 3. The van der Waals surface area contributed by atoms with Gasteiger partial charge < -0.3 is 0 Å². The molecule has 0 aliphatic carbocycles. The first-order valence-electron chi connectivity index (χ1n) is 4.61. The van der Waals surface area contributed by atoms with E-state index in [2.05, 4.69) is 0 Å². The average molecular weight is 220 g/mol. The Morgan fingerprint density at radius 3 is 1.50 bits per heavy atom. The monoisotopic (exact) mass is 220 g/mol. The minimum Gasteiger partial charge on any atom is -0.196 e. The fourth-order valence-electron chi connectivity index (χ4n) is 0.612. The Kier molecular flexibility index (Phi) is 7.12. The molecule has 14 heavy (non-hydrogen) atoms. The summed E-state index contributed by atoms with van der Waals surface area (Å²) in [5.41, 5.74) is 0. The Labute approximate surface area is 81.5 Å². The number of halogens is 5. The van der Waals surface area contributed by atoms with Crippen molar-refractivity contribution in [2.75, 3.05) is 0 Å². The van der Waals surface area contributed by atoms with E-state index >= 15 is 0 Å². The van der Waals surface area contributed by atoms with Crippen molar-refractivity contribution >= 4 is 0 Å². The lowest BCUT2D eigenvalue weighted by Crippen LogP contribution is -2.36. The first-order valence-corrected chi connectivity index (χ1v) is 4.61. The topological polar surface area (TPSA) is 0 Å². The van der Waals surface area contributed by atoms with E-state index in [4.69, 9.17) is 0 Å². The molecule has 0 spiro atoms. The van der Waals surface area contributed by atoms with Gasteiger partial charge in [0.2, 0.25) is 0 Å². The van der Waals surface area contributed by atoms with E-state index in [0.29, 0.717) is 0 Å². The van der Waals surface area contributed by atoms with Crippen LogP contribution in [0.1, 0.15) is 40.5 Å². The lowest BCUT2D eigenvalue weighted by atomic mass is 10.0. The van der Waals surface area contributed by atoms with Gasteiger partial charge in [0.1, 0.15) is 0 Å². The van der Waals surface area contributed by atoms with Gasteiger partial charge in [0.25, 0.3) is 0 Å². The molecule has 0 N–H and O–H groups in total. The lowest BCUT2D eigenvalue weighted by molar-refractivity contribution is -0.285. The molecule has 0 aliphatic rings. The molecule has 0 rings (SSSR count). The molecule has 0 fully saturated rings. The molecular formula is C9H17F5. The molecular weight excluding hydrogens is 203 g/mol. The molecule has 0 aliphatic heterocycles. The first kappa shape index (κ1) is 16.1. The van der Waals surface area contributed by atoms with Crippen LogP contribution in [0.4, 0.5) is 22.0 Å². The van der Waals surface area contributed by atoms with Crippen LogP contribution in [0, 0.1) is 5.92 Å². The summed E-state index contributed by atoms with van der Waals surface area (Å²) in [4.78, 5) is 0. The van der Waals surface area contributed by atoms with Crippen molar-refractivity contribution in [3.63, 3.8) is 0 Å². The lowest BCUT2D eigenvalue weighted by Gasteiger charge is -2.19. The zero-order valence-electron chi connectivity index (χ0n) is 8.88. The molecule has 88 valence electrons. The molecule has 0 unspecified atom stereocenters. The summed E-state index contributed by atoms with van der Waals surface area (Å²) >= 11 is 0. The van der Waals surface area contributed by atoms with Crippen LogP contribution < -0.4 is 0 Å². The summed E-state index contributed by atoms with van der Waals surface area (Å²) in [5.74, 6) is -4.67. The third kappa shape index (κ3) is 6.16. The van der Waals surface area contributed by atoms with Gasteiger partial charge in [-0.05, 0) is 12.3 Å². The molecule has 5 heteroatoms. The van der Waals surface area contributed by atoms with Crippen LogP contribution in [0.2, 0.25) is 0 Å². The highest BCUT2D eigenvalue weighted by atomic mass is 19.4. The van der Waals surface area contributed by atoms with Crippen LogP contribution in [0.25, 0.3) is 0 Å². The quantitative estimate of drug-likeness (QED) is 0.607.